The molecule has 0 saturated heterocycles. The average molecular weight is 400 g/mol. The molecule has 0 radical (unpaired) electrons. The van der Waals surface area contributed by atoms with Crippen LogP contribution >= 0.6 is 0 Å². The van der Waals surface area contributed by atoms with Gasteiger partial charge in [0.25, 0.3) is 11.8 Å². The predicted molar refractivity (Wildman–Crippen MR) is 114 cm³/mol. The molecule has 2 aromatic rings. The Kier molecular flexibility index (Phi) is 9.41. The smallest absolute Gasteiger partial charge is 0.273 e. The number of aromatic nitrogens is 1. The highest BCUT2D eigenvalue weighted by molar-refractivity contribution is 5.95. The molecule has 0 spiro atoms. The summed E-state index contributed by atoms with van der Waals surface area (Å²) in [5.74, 6) is 0.101. The van der Waals surface area contributed by atoms with Crippen LogP contribution in [0.1, 0.15) is 84.7 Å². The summed E-state index contributed by atoms with van der Waals surface area (Å²) in [7, 11) is 0. The summed E-state index contributed by atoms with van der Waals surface area (Å²) in [6, 6.07) is 7.57. The number of unbranched alkanes of at least 4 members (excludes halogenated alkanes) is 4. The molecule has 0 aliphatic carbocycles. The van der Waals surface area contributed by atoms with E-state index in [0.29, 0.717) is 24.5 Å². The van der Waals surface area contributed by atoms with Crippen molar-refractivity contribution >= 4 is 11.8 Å². The first-order valence-electron chi connectivity index (χ1n) is 10.6. The van der Waals surface area contributed by atoms with Crippen molar-refractivity contribution in [2.45, 2.75) is 65.8 Å². The number of rotatable bonds is 12. The van der Waals surface area contributed by atoms with Crippen molar-refractivity contribution < 1.29 is 14.0 Å². The molecule has 2 rings (SSSR count). The molecule has 1 aromatic carbocycles. The first-order chi connectivity index (χ1) is 14.1. The number of amides is 2. The molecule has 1 heterocycles. The summed E-state index contributed by atoms with van der Waals surface area (Å²) in [5, 5.41) is 2.86. The van der Waals surface area contributed by atoms with E-state index in [0.717, 1.165) is 44.1 Å². The Hall–Kier alpha value is -2.63. The molecule has 2 amide bonds. The maximum atomic E-state index is 13.1. The second kappa shape index (κ2) is 12.0. The van der Waals surface area contributed by atoms with Gasteiger partial charge < -0.3 is 14.6 Å². The van der Waals surface area contributed by atoms with E-state index in [-0.39, 0.29) is 24.1 Å². The molecule has 0 bridgehead atoms. The van der Waals surface area contributed by atoms with Gasteiger partial charge in [0.15, 0.2) is 5.69 Å². The quantitative estimate of drug-likeness (QED) is 0.523. The third-order valence-electron chi connectivity index (χ3n) is 4.87. The summed E-state index contributed by atoms with van der Waals surface area (Å²) < 4.78 is 5.50. The van der Waals surface area contributed by atoms with Gasteiger partial charge in [0.2, 0.25) is 5.89 Å². The number of carbonyl (C=O) groups excluding carboxylic acids is 2. The molecule has 6 heteroatoms. The van der Waals surface area contributed by atoms with E-state index in [1.807, 2.05) is 31.2 Å². The van der Waals surface area contributed by atoms with Crippen LogP contribution in [0.3, 0.4) is 0 Å². The van der Waals surface area contributed by atoms with E-state index < -0.39 is 0 Å². The van der Waals surface area contributed by atoms with Crippen LogP contribution in [0.4, 0.5) is 0 Å². The summed E-state index contributed by atoms with van der Waals surface area (Å²) in [6.07, 6.45) is 7.54. The van der Waals surface area contributed by atoms with Gasteiger partial charge in [0.1, 0.15) is 6.26 Å². The van der Waals surface area contributed by atoms with Crippen molar-refractivity contribution in [1.29, 1.82) is 0 Å². The minimum absolute atomic E-state index is 0.0389. The van der Waals surface area contributed by atoms with Gasteiger partial charge in [-0.25, -0.2) is 4.98 Å². The summed E-state index contributed by atoms with van der Waals surface area (Å²) in [6.45, 7) is 7.69. The standard InChI is InChI=1S/C23H33N3O3/c1-4-6-10-14-24-22(27)20-17-29-21(25-20)16-26(15-11-7-5-2)23(28)19-13-9-8-12-18(19)3/h8-9,12-13,17H,4-7,10-11,14-16H2,1-3H3,(H,24,27). The SMILES string of the molecule is CCCCCNC(=O)c1coc(CN(CCCCC)C(=O)c2ccccc2C)n1. The summed E-state index contributed by atoms with van der Waals surface area (Å²) in [4.78, 5) is 31.3. The van der Waals surface area contributed by atoms with E-state index >= 15 is 0 Å². The molecule has 29 heavy (non-hydrogen) atoms. The molecular weight excluding hydrogens is 366 g/mol. The molecule has 1 aromatic heterocycles. The van der Waals surface area contributed by atoms with Gasteiger partial charge in [0, 0.05) is 18.7 Å². The number of aryl methyl sites for hydroxylation is 1. The van der Waals surface area contributed by atoms with Crippen LogP contribution < -0.4 is 5.32 Å². The molecule has 0 fully saturated rings. The number of benzene rings is 1. The monoisotopic (exact) mass is 399 g/mol. The van der Waals surface area contributed by atoms with E-state index in [2.05, 4.69) is 24.1 Å². The molecule has 6 nitrogen and oxygen atoms in total. The Bertz CT molecular complexity index is 785. The van der Waals surface area contributed by atoms with Gasteiger partial charge in [-0.1, -0.05) is 57.7 Å². The van der Waals surface area contributed by atoms with E-state index in [4.69, 9.17) is 4.42 Å². The van der Waals surface area contributed by atoms with Crippen molar-refractivity contribution in [3.8, 4) is 0 Å². The summed E-state index contributed by atoms with van der Waals surface area (Å²) in [5.41, 5.74) is 1.88. The van der Waals surface area contributed by atoms with Crippen LogP contribution in [-0.2, 0) is 6.54 Å². The predicted octanol–water partition coefficient (Wildman–Crippen LogP) is 4.74. The second-order valence-corrected chi connectivity index (χ2v) is 7.34. The fraction of sp³-hybridized carbons (Fsp3) is 0.522. The maximum Gasteiger partial charge on any atom is 0.273 e. The Labute approximate surface area is 173 Å². The van der Waals surface area contributed by atoms with Crippen LogP contribution in [0.15, 0.2) is 34.9 Å². The van der Waals surface area contributed by atoms with E-state index in [1.165, 1.54) is 6.26 Å². The first kappa shape index (κ1) is 22.7. The number of oxazole rings is 1. The van der Waals surface area contributed by atoms with Gasteiger partial charge in [-0.3, -0.25) is 9.59 Å². The van der Waals surface area contributed by atoms with Crippen molar-refractivity contribution in [2.24, 2.45) is 0 Å². The highest BCUT2D eigenvalue weighted by Gasteiger charge is 2.20. The van der Waals surface area contributed by atoms with Crippen molar-refractivity contribution in [2.75, 3.05) is 13.1 Å². The van der Waals surface area contributed by atoms with E-state index in [9.17, 15) is 9.59 Å². The number of carbonyl (C=O) groups is 2. The minimum Gasteiger partial charge on any atom is -0.446 e. The van der Waals surface area contributed by atoms with Gasteiger partial charge >= 0.3 is 0 Å². The van der Waals surface area contributed by atoms with Gasteiger partial charge in [-0.05, 0) is 31.4 Å². The lowest BCUT2D eigenvalue weighted by molar-refractivity contribution is 0.0724. The number of nitrogens with one attached hydrogen (secondary N) is 1. The van der Waals surface area contributed by atoms with Gasteiger partial charge in [0.05, 0.1) is 6.54 Å². The lowest BCUT2D eigenvalue weighted by atomic mass is 10.1. The van der Waals surface area contributed by atoms with Gasteiger partial charge in [-0.15, -0.1) is 0 Å². The lowest BCUT2D eigenvalue weighted by Gasteiger charge is -2.22. The maximum absolute atomic E-state index is 13.1. The Balaban J connectivity index is 2.05. The number of hydrogen-bond acceptors (Lipinski definition) is 4. The van der Waals surface area contributed by atoms with Crippen LogP contribution in [0.5, 0.6) is 0 Å². The zero-order valence-electron chi connectivity index (χ0n) is 17.9. The molecule has 0 atom stereocenters. The zero-order chi connectivity index (χ0) is 21.1. The van der Waals surface area contributed by atoms with Crippen molar-refractivity contribution in [3.63, 3.8) is 0 Å². The first-order valence-corrected chi connectivity index (χ1v) is 10.6. The Morgan fingerprint density at radius 2 is 1.79 bits per heavy atom. The fourth-order valence-corrected chi connectivity index (χ4v) is 3.11. The Morgan fingerprint density at radius 1 is 1.07 bits per heavy atom. The molecule has 0 aliphatic rings. The van der Waals surface area contributed by atoms with Crippen LogP contribution in [0.25, 0.3) is 0 Å². The number of nitrogens with zero attached hydrogens (tertiary/aromatic N) is 2. The summed E-state index contributed by atoms with van der Waals surface area (Å²) >= 11 is 0. The minimum atomic E-state index is -0.237. The molecule has 0 unspecified atom stereocenters. The van der Waals surface area contributed by atoms with Crippen LogP contribution in [-0.4, -0.2) is 34.8 Å². The zero-order valence-corrected chi connectivity index (χ0v) is 17.9. The third kappa shape index (κ3) is 7.04. The molecule has 1 N–H and O–H groups in total. The fourth-order valence-electron chi connectivity index (χ4n) is 3.11. The molecule has 158 valence electrons. The molecular formula is C23H33N3O3. The average Bonchev–Trinajstić information content (AvgIpc) is 3.19. The van der Waals surface area contributed by atoms with E-state index in [1.54, 1.807) is 4.90 Å². The van der Waals surface area contributed by atoms with Gasteiger partial charge in [-0.2, -0.15) is 0 Å². The van der Waals surface area contributed by atoms with Crippen molar-refractivity contribution in [3.05, 3.63) is 53.2 Å². The Morgan fingerprint density at radius 3 is 2.52 bits per heavy atom. The largest absolute Gasteiger partial charge is 0.446 e. The third-order valence-corrected chi connectivity index (χ3v) is 4.87. The molecule has 0 aliphatic heterocycles. The lowest BCUT2D eigenvalue weighted by Crippen LogP contribution is -2.32. The highest BCUT2D eigenvalue weighted by Crippen LogP contribution is 2.15. The van der Waals surface area contributed by atoms with Crippen LogP contribution in [0, 0.1) is 6.92 Å². The second-order valence-electron chi connectivity index (χ2n) is 7.34. The molecule has 0 saturated carbocycles. The topological polar surface area (TPSA) is 75.4 Å². The van der Waals surface area contributed by atoms with Crippen molar-refractivity contribution in [1.82, 2.24) is 15.2 Å². The van der Waals surface area contributed by atoms with Crippen LogP contribution in [0.2, 0.25) is 0 Å². The highest BCUT2D eigenvalue weighted by atomic mass is 16.3. The normalized spacial score (nSPS) is 10.7. The number of hydrogen-bond donors (Lipinski definition) is 1.